The molecule has 0 radical (unpaired) electrons. The molecule has 2 rings (SSSR count). The molecule has 0 unspecified atom stereocenters. The van der Waals surface area contributed by atoms with Gasteiger partial charge in [0.1, 0.15) is 10.4 Å². The fourth-order valence-electron chi connectivity index (χ4n) is 1.56. The summed E-state index contributed by atoms with van der Waals surface area (Å²) in [5, 5.41) is 2.39. The maximum Gasteiger partial charge on any atom is 0.419 e. The first-order chi connectivity index (χ1) is 9.79. The third-order valence-electron chi connectivity index (χ3n) is 2.54. The van der Waals surface area contributed by atoms with E-state index in [1.54, 1.807) is 6.07 Å². The quantitative estimate of drug-likeness (QED) is 0.640. The first-order valence-corrected chi connectivity index (χ1v) is 6.37. The SMILES string of the molecule is O=C(Nc1cccnc1Br)c1ccc(F)c(C(F)(F)F)c1. The van der Waals surface area contributed by atoms with Crippen LogP contribution < -0.4 is 5.32 Å². The van der Waals surface area contributed by atoms with E-state index in [0.29, 0.717) is 22.4 Å². The Morgan fingerprint density at radius 3 is 2.57 bits per heavy atom. The van der Waals surface area contributed by atoms with Gasteiger partial charge in [0.05, 0.1) is 11.3 Å². The Balaban J connectivity index is 2.31. The van der Waals surface area contributed by atoms with Crippen molar-refractivity contribution < 1.29 is 22.4 Å². The second kappa shape index (κ2) is 5.80. The van der Waals surface area contributed by atoms with Crippen molar-refractivity contribution in [2.45, 2.75) is 6.18 Å². The number of pyridine rings is 1. The number of benzene rings is 1. The molecule has 1 N–H and O–H groups in total. The number of hydrogen-bond donors (Lipinski definition) is 1. The lowest BCUT2D eigenvalue weighted by atomic mass is 10.1. The highest BCUT2D eigenvalue weighted by atomic mass is 79.9. The molecular formula is C13H7BrF4N2O. The molecule has 1 heterocycles. The highest BCUT2D eigenvalue weighted by Crippen LogP contribution is 2.32. The van der Waals surface area contributed by atoms with E-state index in [0.717, 1.165) is 6.07 Å². The van der Waals surface area contributed by atoms with Gasteiger partial charge >= 0.3 is 6.18 Å². The highest BCUT2D eigenvalue weighted by Gasteiger charge is 2.34. The predicted octanol–water partition coefficient (Wildman–Crippen LogP) is 4.25. The fourth-order valence-corrected chi connectivity index (χ4v) is 1.91. The number of aromatic nitrogens is 1. The summed E-state index contributed by atoms with van der Waals surface area (Å²) in [4.78, 5) is 15.8. The molecule has 2 aromatic rings. The van der Waals surface area contributed by atoms with Gasteiger partial charge in [0.25, 0.3) is 5.91 Å². The van der Waals surface area contributed by atoms with Gasteiger partial charge in [-0.3, -0.25) is 4.79 Å². The molecule has 1 aromatic heterocycles. The van der Waals surface area contributed by atoms with E-state index in [4.69, 9.17) is 0 Å². The number of amides is 1. The van der Waals surface area contributed by atoms with E-state index < -0.39 is 23.5 Å². The molecule has 3 nitrogen and oxygen atoms in total. The van der Waals surface area contributed by atoms with E-state index in [9.17, 15) is 22.4 Å². The maximum atomic E-state index is 13.2. The van der Waals surface area contributed by atoms with Gasteiger partial charge in [-0.25, -0.2) is 9.37 Å². The van der Waals surface area contributed by atoms with Gasteiger partial charge in [0, 0.05) is 11.8 Å². The maximum absolute atomic E-state index is 13.2. The minimum Gasteiger partial charge on any atom is -0.320 e. The van der Waals surface area contributed by atoms with Crippen molar-refractivity contribution in [3.05, 3.63) is 58.1 Å². The molecule has 0 atom stereocenters. The van der Waals surface area contributed by atoms with Gasteiger partial charge in [-0.15, -0.1) is 0 Å². The zero-order chi connectivity index (χ0) is 15.6. The number of hydrogen-bond acceptors (Lipinski definition) is 2. The van der Waals surface area contributed by atoms with Crippen molar-refractivity contribution in [1.82, 2.24) is 4.98 Å². The van der Waals surface area contributed by atoms with E-state index in [-0.39, 0.29) is 5.56 Å². The third-order valence-corrected chi connectivity index (χ3v) is 3.17. The molecule has 0 aliphatic heterocycles. The summed E-state index contributed by atoms with van der Waals surface area (Å²) in [6.45, 7) is 0. The lowest BCUT2D eigenvalue weighted by Gasteiger charge is -2.10. The Morgan fingerprint density at radius 2 is 1.95 bits per heavy atom. The third kappa shape index (κ3) is 3.57. The summed E-state index contributed by atoms with van der Waals surface area (Å²) >= 11 is 3.09. The zero-order valence-corrected chi connectivity index (χ0v) is 11.8. The number of carbonyl (C=O) groups excluding carboxylic acids is 1. The van der Waals surface area contributed by atoms with Crippen LogP contribution in [0.25, 0.3) is 0 Å². The van der Waals surface area contributed by atoms with Crippen LogP contribution in [-0.2, 0) is 6.18 Å². The van der Waals surface area contributed by atoms with Crippen molar-refractivity contribution in [2.75, 3.05) is 5.32 Å². The molecule has 21 heavy (non-hydrogen) atoms. The van der Waals surface area contributed by atoms with Gasteiger partial charge in [-0.05, 0) is 46.3 Å². The molecule has 0 saturated carbocycles. The summed E-state index contributed by atoms with van der Waals surface area (Å²) in [5.74, 6) is -2.23. The molecule has 110 valence electrons. The normalized spacial score (nSPS) is 11.3. The van der Waals surface area contributed by atoms with Gasteiger partial charge in [-0.1, -0.05) is 0 Å². The van der Waals surface area contributed by atoms with Crippen LogP contribution in [0.4, 0.5) is 23.2 Å². The summed E-state index contributed by atoms with van der Waals surface area (Å²) in [6.07, 6.45) is -3.39. The number of nitrogens with zero attached hydrogens (tertiary/aromatic N) is 1. The largest absolute Gasteiger partial charge is 0.419 e. The molecule has 8 heteroatoms. The summed E-state index contributed by atoms with van der Waals surface area (Å²) in [6, 6.07) is 5.12. The van der Waals surface area contributed by atoms with Crippen LogP contribution >= 0.6 is 15.9 Å². The monoisotopic (exact) mass is 362 g/mol. The van der Waals surface area contributed by atoms with E-state index in [1.165, 1.54) is 12.3 Å². The van der Waals surface area contributed by atoms with Crippen molar-refractivity contribution in [1.29, 1.82) is 0 Å². The number of alkyl halides is 3. The second-order valence-corrected chi connectivity index (χ2v) is 4.74. The van der Waals surface area contributed by atoms with E-state index in [2.05, 4.69) is 26.2 Å². The average Bonchev–Trinajstić information content (AvgIpc) is 2.40. The average molecular weight is 363 g/mol. The minimum atomic E-state index is -4.87. The van der Waals surface area contributed by atoms with Crippen LogP contribution in [0.5, 0.6) is 0 Å². The lowest BCUT2D eigenvalue weighted by molar-refractivity contribution is -0.140. The van der Waals surface area contributed by atoms with Crippen LogP contribution in [0.1, 0.15) is 15.9 Å². The van der Waals surface area contributed by atoms with Gasteiger partial charge in [0.15, 0.2) is 0 Å². The van der Waals surface area contributed by atoms with Crippen LogP contribution in [0.2, 0.25) is 0 Å². The van der Waals surface area contributed by atoms with Crippen LogP contribution in [0.15, 0.2) is 41.1 Å². The van der Waals surface area contributed by atoms with Crippen molar-refractivity contribution in [2.24, 2.45) is 0 Å². The standard InChI is InChI=1S/C13H7BrF4N2O/c14-11-10(2-1-5-19-11)20-12(21)7-3-4-9(15)8(6-7)13(16,17)18/h1-6H,(H,20,21). The van der Waals surface area contributed by atoms with Gasteiger partial charge < -0.3 is 5.32 Å². The minimum absolute atomic E-state index is 0.292. The lowest BCUT2D eigenvalue weighted by Crippen LogP contribution is -2.15. The fraction of sp³-hybridized carbons (Fsp3) is 0.0769. The number of carbonyl (C=O) groups is 1. The molecular weight excluding hydrogens is 356 g/mol. The van der Waals surface area contributed by atoms with E-state index in [1.807, 2.05) is 0 Å². The number of rotatable bonds is 2. The Labute approximate surface area is 125 Å². The topological polar surface area (TPSA) is 42.0 Å². The molecule has 0 aliphatic rings. The molecule has 1 amide bonds. The first kappa shape index (κ1) is 15.4. The molecule has 0 aliphatic carbocycles. The highest BCUT2D eigenvalue weighted by molar-refractivity contribution is 9.10. The van der Waals surface area contributed by atoms with Gasteiger partial charge in [0.2, 0.25) is 0 Å². The number of anilines is 1. The first-order valence-electron chi connectivity index (χ1n) is 5.57. The molecule has 1 aromatic carbocycles. The predicted molar refractivity (Wildman–Crippen MR) is 71.3 cm³/mol. The summed E-state index contributed by atoms with van der Waals surface area (Å²) in [7, 11) is 0. The van der Waals surface area contributed by atoms with Crippen molar-refractivity contribution in [3.63, 3.8) is 0 Å². The van der Waals surface area contributed by atoms with E-state index >= 15 is 0 Å². The zero-order valence-electron chi connectivity index (χ0n) is 10.2. The number of nitrogens with one attached hydrogen (secondary N) is 1. The molecule has 0 fully saturated rings. The summed E-state index contributed by atoms with van der Waals surface area (Å²) < 4.78 is 51.3. The van der Waals surface area contributed by atoms with Crippen molar-refractivity contribution in [3.8, 4) is 0 Å². The van der Waals surface area contributed by atoms with Crippen LogP contribution in [0, 0.1) is 5.82 Å². The Bertz CT molecular complexity index is 688. The molecule has 0 spiro atoms. The Kier molecular flexibility index (Phi) is 4.26. The Morgan fingerprint density at radius 1 is 1.24 bits per heavy atom. The molecule has 0 saturated heterocycles. The Hall–Kier alpha value is -1.96. The van der Waals surface area contributed by atoms with Crippen molar-refractivity contribution >= 4 is 27.5 Å². The van der Waals surface area contributed by atoms with Gasteiger partial charge in [-0.2, -0.15) is 13.2 Å². The smallest absolute Gasteiger partial charge is 0.320 e. The summed E-state index contributed by atoms with van der Waals surface area (Å²) in [5.41, 5.74) is -1.50. The number of halogens is 5. The molecule has 0 bridgehead atoms. The second-order valence-electron chi connectivity index (χ2n) is 3.99. The van der Waals surface area contributed by atoms with Crippen LogP contribution in [-0.4, -0.2) is 10.9 Å². The van der Waals surface area contributed by atoms with Crippen LogP contribution in [0.3, 0.4) is 0 Å².